The highest BCUT2D eigenvalue weighted by atomic mass is 16.6. The van der Waals surface area contributed by atoms with E-state index in [1.807, 2.05) is 0 Å². The molecule has 2 aromatic rings. The SMILES string of the molecule is Cc1oc(CN(C)C(=O)c2cccc([N+](=O)[O-])c2C)cc1C(=O)O. The van der Waals surface area contributed by atoms with Crippen LogP contribution in [0.5, 0.6) is 0 Å². The van der Waals surface area contributed by atoms with Gasteiger partial charge in [0.25, 0.3) is 11.6 Å². The van der Waals surface area contributed by atoms with E-state index in [1.165, 1.54) is 50.1 Å². The fraction of sp³-hybridized carbons (Fsp3) is 0.250. The van der Waals surface area contributed by atoms with Crippen LogP contribution in [-0.2, 0) is 6.54 Å². The lowest BCUT2D eigenvalue weighted by Crippen LogP contribution is -2.26. The number of rotatable bonds is 5. The van der Waals surface area contributed by atoms with Crippen molar-refractivity contribution in [1.29, 1.82) is 0 Å². The Hall–Kier alpha value is -3.16. The van der Waals surface area contributed by atoms with Crippen molar-refractivity contribution in [1.82, 2.24) is 4.90 Å². The molecule has 2 rings (SSSR count). The van der Waals surface area contributed by atoms with E-state index in [2.05, 4.69) is 0 Å². The summed E-state index contributed by atoms with van der Waals surface area (Å²) in [4.78, 5) is 35.3. The largest absolute Gasteiger partial charge is 0.478 e. The minimum absolute atomic E-state index is 0.0392. The topological polar surface area (TPSA) is 114 Å². The monoisotopic (exact) mass is 332 g/mol. The van der Waals surface area contributed by atoms with Crippen LogP contribution in [0, 0.1) is 24.0 Å². The minimum Gasteiger partial charge on any atom is -0.478 e. The second-order valence-electron chi connectivity index (χ2n) is 5.36. The second kappa shape index (κ2) is 6.53. The fourth-order valence-electron chi connectivity index (χ4n) is 2.40. The number of amides is 1. The van der Waals surface area contributed by atoms with Crippen LogP contribution in [0.2, 0.25) is 0 Å². The van der Waals surface area contributed by atoms with Gasteiger partial charge in [0.15, 0.2) is 0 Å². The standard InChI is InChI=1S/C16H16N2O6/c1-9-12(5-4-6-14(9)18(22)23)15(19)17(3)8-11-7-13(16(20)21)10(2)24-11/h4-7H,8H2,1-3H3,(H,20,21). The van der Waals surface area contributed by atoms with Crippen molar-refractivity contribution in [3.8, 4) is 0 Å². The number of nitro groups is 1. The first-order valence-corrected chi connectivity index (χ1v) is 7.04. The number of carbonyl (C=O) groups excluding carboxylic acids is 1. The van der Waals surface area contributed by atoms with Crippen molar-refractivity contribution in [3.05, 3.63) is 62.6 Å². The molecule has 1 amide bonds. The number of nitrogens with zero attached hydrogens (tertiary/aromatic N) is 2. The smallest absolute Gasteiger partial charge is 0.339 e. The van der Waals surface area contributed by atoms with Gasteiger partial charge in [-0.05, 0) is 26.0 Å². The molecule has 24 heavy (non-hydrogen) atoms. The summed E-state index contributed by atoms with van der Waals surface area (Å²) in [5.41, 5.74) is 0.406. The van der Waals surface area contributed by atoms with Crippen LogP contribution in [0.1, 0.15) is 37.8 Å². The molecule has 0 bridgehead atoms. The van der Waals surface area contributed by atoms with Crippen molar-refractivity contribution in [3.63, 3.8) is 0 Å². The summed E-state index contributed by atoms with van der Waals surface area (Å²) in [6, 6.07) is 5.66. The third kappa shape index (κ3) is 3.27. The Labute approximate surface area is 137 Å². The van der Waals surface area contributed by atoms with Gasteiger partial charge >= 0.3 is 5.97 Å². The number of carbonyl (C=O) groups is 2. The average molecular weight is 332 g/mol. The Morgan fingerprint density at radius 3 is 2.50 bits per heavy atom. The van der Waals surface area contributed by atoms with Crippen LogP contribution in [0.15, 0.2) is 28.7 Å². The zero-order chi connectivity index (χ0) is 18.0. The third-order valence-electron chi connectivity index (χ3n) is 3.67. The normalized spacial score (nSPS) is 10.5. The molecule has 0 fully saturated rings. The number of aromatic carboxylic acids is 1. The highest BCUT2D eigenvalue weighted by Gasteiger charge is 2.22. The number of hydrogen-bond acceptors (Lipinski definition) is 5. The van der Waals surface area contributed by atoms with Gasteiger partial charge in [-0.15, -0.1) is 0 Å². The van der Waals surface area contributed by atoms with Crippen molar-refractivity contribution in [2.45, 2.75) is 20.4 Å². The maximum Gasteiger partial charge on any atom is 0.339 e. The van der Waals surface area contributed by atoms with E-state index >= 15 is 0 Å². The van der Waals surface area contributed by atoms with Crippen molar-refractivity contribution in [2.75, 3.05) is 7.05 Å². The summed E-state index contributed by atoms with van der Waals surface area (Å²) in [5, 5.41) is 20.0. The first kappa shape index (κ1) is 17.2. The predicted octanol–water partition coefficient (Wildman–Crippen LogP) is 2.78. The number of benzene rings is 1. The van der Waals surface area contributed by atoms with Crippen LogP contribution in [0.3, 0.4) is 0 Å². The van der Waals surface area contributed by atoms with Gasteiger partial charge in [-0.25, -0.2) is 4.79 Å². The lowest BCUT2D eigenvalue weighted by molar-refractivity contribution is -0.385. The lowest BCUT2D eigenvalue weighted by Gasteiger charge is -2.17. The maximum atomic E-state index is 12.5. The zero-order valence-corrected chi connectivity index (χ0v) is 13.4. The number of hydrogen-bond donors (Lipinski definition) is 1. The van der Waals surface area contributed by atoms with E-state index in [0.717, 1.165) is 0 Å². The van der Waals surface area contributed by atoms with E-state index < -0.39 is 16.8 Å². The molecular formula is C16H16N2O6. The first-order chi connectivity index (χ1) is 11.2. The summed E-state index contributed by atoms with van der Waals surface area (Å²) < 4.78 is 5.34. The molecule has 0 spiro atoms. The van der Waals surface area contributed by atoms with E-state index in [4.69, 9.17) is 9.52 Å². The van der Waals surface area contributed by atoms with Gasteiger partial charge in [0.05, 0.1) is 11.5 Å². The van der Waals surface area contributed by atoms with E-state index in [-0.39, 0.29) is 34.7 Å². The number of aryl methyl sites for hydroxylation is 1. The van der Waals surface area contributed by atoms with Gasteiger partial charge < -0.3 is 14.4 Å². The van der Waals surface area contributed by atoms with Crippen molar-refractivity contribution >= 4 is 17.6 Å². The molecule has 0 saturated heterocycles. The molecule has 0 atom stereocenters. The highest BCUT2D eigenvalue weighted by molar-refractivity contribution is 5.96. The molecule has 0 radical (unpaired) electrons. The van der Waals surface area contributed by atoms with E-state index in [0.29, 0.717) is 5.76 Å². The number of nitro benzene ring substituents is 1. The van der Waals surface area contributed by atoms with Crippen LogP contribution in [0.4, 0.5) is 5.69 Å². The van der Waals surface area contributed by atoms with Gasteiger partial charge in [0.2, 0.25) is 0 Å². The van der Waals surface area contributed by atoms with Crippen LogP contribution in [0.25, 0.3) is 0 Å². The molecule has 8 nitrogen and oxygen atoms in total. The number of furan rings is 1. The third-order valence-corrected chi connectivity index (χ3v) is 3.67. The molecule has 0 aliphatic heterocycles. The van der Waals surface area contributed by atoms with Gasteiger partial charge in [-0.3, -0.25) is 14.9 Å². The molecule has 1 N–H and O–H groups in total. The molecule has 0 aliphatic rings. The molecule has 8 heteroatoms. The van der Waals surface area contributed by atoms with Crippen molar-refractivity contribution < 1.29 is 24.0 Å². The molecule has 0 aliphatic carbocycles. The Morgan fingerprint density at radius 1 is 1.29 bits per heavy atom. The average Bonchev–Trinajstić information content (AvgIpc) is 2.87. The van der Waals surface area contributed by atoms with Crippen LogP contribution in [-0.4, -0.2) is 33.9 Å². The van der Waals surface area contributed by atoms with Crippen molar-refractivity contribution in [2.24, 2.45) is 0 Å². The Kier molecular flexibility index (Phi) is 4.68. The predicted molar refractivity (Wildman–Crippen MR) is 84.0 cm³/mol. The quantitative estimate of drug-likeness (QED) is 0.665. The molecule has 0 unspecified atom stereocenters. The molecule has 0 saturated carbocycles. The van der Waals surface area contributed by atoms with Gasteiger partial charge in [-0.1, -0.05) is 6.07 Å². The maximum absolute atomic E-state index is 12.5. The summed E-state index contributed by atoms with van der Waals surface area (Å²) in [7, 11) is 1.51. The lowest BCUT2D eigenvalue weighted by atomic mass is 10.1. The van der Waals surface area contributed by atoms with E-state index in [9.17, 15) is 19.7 Å². The molecular weight excluding hydrogens is 316 g/mol. The number of carboxylic acid groups (broad SMARTS) is 1. The summed E-state index contributed by atoms with van der Waals surface area (Å²) in [5.74, 6) is -0.943. The van der Waals surface area contributed by atoms with Gasteiger partial charge in [0.1, 0.15) is 17.1 Å². The Morgan fingerprint density at radius 2 is 1.96 bits per heavy atom. The minimum atomic E-state index is -1.11. The van der Waals surface area contributed by atoms with Crippen LogP contribution < -0.4 is 0 Å². The van der Waals surface area contributed by atoms with Gasteiger partial charge in [0, 0.05) is 24.2 Å². The first-order valence-electron chi connectivity index (χ1n) is 7.04. The van der Waals surface area contributed by atoms with Gasteiger partial charge in [-0.2, -0.15) is 0 Å². The number of carboxylic acids is 1. The second-order valence-corrected chi connectivity index (χ2v) is 5.36. The highest BCUT2D eigenvalue weighted by Crippen LogP contribution is 2.23. The summed E-state index contributed by atoms with van der Waals surface area (Å²) >= 11 is 0. The Balaban J connectivity index is 2.24. The zero-order valence-electron chi connectivity index (χ0n) is 13.4. The van der Waals surface area contributed by atoms with Crippen LogP contribution >= 0.6 is 0 Å². The Bertz CT molecular complexity index is 824. The molecule has 1 aromatic heterocycles. The fourth-order valence-corrected chi connectivity index (χ4v) is 2.40. The molecule has 126 valence electrons. The summed E-state index contributed by atoms with van der Waals surface area (Å²) in [6.07, 6.45) is 0. The molecule has 1 aromatic carbocycles. The summed E-state index contributed by atoms with van der Waals surface area (Å²) in [6.45, 7) is 3.09. The van der Waals surface area contributed by atoms with E-state index in [1.54, 1.807) is 0 Å². The molecule has 1 heterocycles.